The molecule has 2 aliphatic rings. The number of hydrogen-bond acceptors (Lipinski definition) is 15. The summed E-state index contributed by atoms with van der Waals surface area (Å²) in [7, 11) is 0. The van der Waals surface area contributed by atoms with Gasteiger partial charge in [0, 0.05) is 12.8 Å². The van der Waals surface area contributed by atoms with E-state index in [4.69, 9.17) is 28.4 Å². The summed E-state index contributed by atoms with van der Waals surface area (Å²) in [5.41, 5.74) is 0. The number of rotatable bonds is 36. The zero-order valence-corrected chi connectivity index (χ0v) is 38.8. The summed E-state index contributed by atoms with van der Waals surface area (Å²) in [5, 5.41) is 71.9. The Morgan fingerprint density at radius 1 is 0.500 bits per heavy atom. The van der Waals surface area contributed by atoms with Gasteiger partial charge in [0.15, 0.2) is 18.7 Å². The third-order valence-corrected chi connectivity index (χ3v) is 11.3. The molecule has 0 aromatic heterocycles. The Kier molecular flexibility index (Phi) is 32.9. The monoisotopic (exact) mass is 913 g/mol. The third kappa shape index (κ3) is 24.8. The van der Waals surface area contributed by atoms with Crippen molar-refractivity contribution in [3.8, 4) is 0 Å². The molecule has 0 aromatic carbocycles. The highest BCUT2D eigenvalue weighted by Gasteiger charge is 2.47. The normalized spacial score (nSPS) is 27.0. The van der Waals surface area contributed by atoms with Crippen LogP contribution in [0.4, 0.5) is 0 Å². The Hall–Kier alpha value is -2.54. The minimum Gasteiger partial charge on any atom is -0.462 e. The number of hydrogen-bond donors (Lipinski definition) is 7. The molecule has 7 N–H and O–H groups in total. The van der Waals surface area contributed by atoms with Crippen LogP contribution in [0.1, 0.15) is 155 Å². The molecule has 0 saturated carbocycles. The van der Waals surface area contributed by atoms with Crippen LogP contribution in [0.5, 0.6) is 0 Å². The highest BCUT2D eigenvalue weighted by molar-refractivity contribution is 5.70. The molecule has 0 aliphatic carbocycles. The minimum absolute atomic E-state index is 0.143. The molecule has 370 valence electrons. The van der Waals surface area contributed by atoms with Gasteiger partial charge in [0.05, 0.1) is 19.8 Å². The maximum absolute atomic E-state index is 12.9. The quantitative estimate of drug-likeness (QED) is 0.0220. The molecule has 2 saturated heterocycles. The van der Waals surface area contributed by atoms with E-state index >= 15 is 0 Å². The van der Waals surface area contributed by atoms with Crippen LogP contribution in [0.2, 0.25) is 0 Å². The fourth-order valence-electron chi connectivity index (χ4n) is 7.21. The molecule has 0 spiro atoms. The van der Waals surface area contributed by atoms with E-state index in [9.17, 15) is 45.3 Å². The van der Waals surface area contributed by atoms with Crippen molar-refractivity contribution in [2.45, 2.75) is 223 Å². The smallest absolute Gasteiger partial charge is 0.306 e. The third-order valence-electron chi connectivity index (χ3n) is 11.3. The molecule has 0 amide bonds. The Bertz CT molecular complexity index is 1300. The largest absolute Gasteiger partial charge is 0.462 e. The molecule has 11 atom stereocenters. The molecule has 15 heteroatoms. The second-order valence-corrected chi connectivity index (χ2v) is 16.9. The highest BCUT2D eigenvalue weighted by atomic mass is 16.7. The number of carbonyl (C=O) groups is 2. The average molecular weight is 913 g/mol. The predicted octanol–water partition coefficient (Wildman–Crippen LogP) is 5.93. The summed E-state index contributed by atoms with van der Waals surface area (Å²) in [6.07, 6.45) is 21.6. The maximum Gasteiger partial charge on any atom is 0.306 e. The number of aliphatic hydroxyl groups is 7. The Labute approximate surface area is 382 Å². The van der Waals surface area contributed by atoms with Gasteiger partial charge in [-0.2, -0.15) is 0 Å². The zero-order valence-electron chi connectivity index (χ0n) is 38.8. The van der Waals surface area contributed by atoms with Crippen molar-refractivity contribution in [1.29, 1.82) is 0 Å². The lowest BCUT2D eigenvalue weighted by molar-refractivity contribution is -0.332. The van der Waals surface area contributed by atoms with Crippen LogP contribution in [0.15, 0.2) is 48.6 Å². The summed E-state index contributed by atoms with van der Waals surface area (Å²) < 4.78 is 33.4. The van der Waals surface area contributed by atoms with E-state index in [1.54, 1.807) is 0 Å². The van der Waals surface area contributed by atoms with Crippen molar-refractivity contribution in [2.75, 3.05) is 26.4 Å². The van der Waals surface area contributed by atoms with Gasteiger partial charge in [-0.25, -0.2) is 0 Å². The van der Waals surface area contributed by atoms with Gasteiger partial charge in [-0.3, -0.25) is 9.59 Å². The van der Waals surface area contributed by atoms with Gasteiger partial charge in [0.2, 0.25) is 0 Å². The summed E-state index contributed by atoms with van der Waals surface area (Å²) in [4.78, 5) is 25.6. The van der Waals surface area contributed by atoms with Crippen LogP contribution < -0.4 is 0 Å². The fraction of sp³-hybridized carbons (Fsp3) is 0.796. The minimum atomic E-state index is -1.77. The van der Waals surface area contributed by atoms with Gasteiger partial charge < -0.3 is 64.2 Å². The molecule has 0 radical (unpaired) electrons. The Balaban J connectivity index is 1.85. The summed E-state index contributed by atoms with van der Waals surface area (Å²) in [6, 6.07) is 0. The van der Waals surface area contributed by atoms with Crippen LogP contribution in [0.25, 0.3) is 0 Å². The first kappa shape index (κ1) is 57.6. The highest BCUT2D eigenvalue weighted by Crippen LogP contribution is 2.26. The first-order valence-corrected chi connectivity index (χ1v) is 24.2. The molecule has 0 bridgehead atoms. The molecule has 2 fully saturated rings. The zero-order chi connectivity index (χ0) is 46.8. The van der Waals surface area contributed by atoms with Gasteiger partial charge in [-0.1, -0.05) is 127 Å². The van der Waals surface area contributed by atoms with Gasteiger partial charge in [-0.05, 0) is 64.2 Å². The van der Waals surface area contributed by atoms with Crippen molar-refractivity contribution in [2.24, 2.45) is 0 Å². The second kappa shape index (κ2) is 36.6. The fourth-order valence-corrected chi connectivity index (χ4v) is 7.21. The Morgan fingerprint density at radius 3 is 1.58 bits per heavy atom. The number of allylic oxidation sites excluding steroid dienone is 8. The lowest BCUT2D eigenvalue weighted by Crippen LogP contribution is -2.61. The number of esters is 2. The SMILES string of the molecule is CCCC/C=C/CCCCCCCC(=O)O[C@@H](COC(=O)CCC/C=C/C/C=C/C/C=C/CCCCCCCC)CO[C@@H]1O[C@H](CO[C@@H]2O[C@H](CO)[C@H](O)C(O)C2O)[C@H](O)C(O)C1O. The summed E-state index contributed by atoms with van der Waals surface area (Å²) >= 11 is 0. The van der Waals surface area contributed by atoms with Crippen molar-refractivity contribution in [3.05, 3.63) is 48.6 Å². The average Bonchev–Trinajstić information content (AvgIpc) is 3.29. The van der Waals surface area contributed by atoms with E-state index in [2.05, 4.69) is 56.4 Å². The summed E-state index contributed by atoms with van der Waals surface area (Å²) in [6.45, 7) is 2.46. The number of unbranched alkanes of at least 4 members (excludes halogenated alkanes) is 14. The van der Waals surface area contributed by atoms with Crippen LogP contribution in [0.3, 0.4) is 0 Å². The molecule has 0 aromatic rings. The molecule has 2 aliphatic heterocycles. The molecule has 64 heavy (non-hydrogen) atoms. The predicted molar refractivity (Wildman–Crippen MR) is 243 cm³/mol. The van der Waals surface area contributed by atoms with Gasteiger partial charge in [-0.15, -0.1) is 0 Å². The molecular formula is C49H84O15. The maximum atomic E-state index is 12.9. The standard InChI is InChI=1S/C49H84O15/c1-3-5-7-9-11-13-15-16-17-18-19-20-22-23-25-27-29-31-40(51)59-34-37(62-41(52)32-30-28-26-24-21-14-12-10-8-6-4-2)35-60-48-47(58)45(56)43(54)39(64-48)36-61-49-46(57)44(55)42(53)38(33-50)63-49/h10,12,16-17,19-20,23,25,37-39,42-50,53-58H,3-9,11,13-15,18,21-22,24,26-36H2,1-2H3/b12-10+,17-16+,20-19+,25-23+/t37-,38+,39+,42-,43-,44?,45?,46?,47?,48+,49+/m0/s1. The molecule has 2 heterocycles. The van der Waals surface area contributed by atoms with Gasteiger partial charge in [0.1, 0.15) is 55.4 Å². The number of ether oxygens (including phenoxy) is 6. The molecule has 4 unspecified atom stereocenters. The number of carbonyl (C=O) groups excluding carboxylic acids is 2. The molecule has 2 rings (SSSR count). The van der Waals surface area contributed by atoms with Crippen LogP contribution in [-0.4, -0.2) is 142 Å². The first-order chi connectivity index (χ1) is 31.0. The van der Waals surface area contributed by atoms with Gasteiger partial charge in [0.25, 0.3) is 0 Å². The van der Waals surface area contributed by atoms with E-state index in [1.165, 1.54) is 51.4 Å². The van der Waals surface area contributed by atoms with Crippen LogP contribution >= 0.6 is 0 Å². The lowest BCUT2D eigenvalue weighted by Gasteiger charge is -2.42. The number of aliphatic hydroxyl groups excluding tert-OH is 7. The molecular weight excluding hydrogens is 829 g/mol. The van der Waals surface area contributed by atoms with E-state index in [0.717, 1.165) is 57.8 Å². The van der Waals surface area contributed by atoms with Crippen LogP contribution in [-0.2, 0) is 38.0 Å². The first-order valence-electron chi connectivity index (χ1n) is 24.2. The van der Waals surface area contributed by atoms with Crippen molar-refractivity contribution >= 4 is 11.9 Å². The van der Waals surface area contributed by atoms with Crippen LogP contribution in [0, 0.1) is 0 Å². The van der Waals surface area contributed by atoms with Crippen molar-refractivity contribution < 1.29 is 73.8 Å². The van der Waals surface area contributed by atoms with E-state index in [-0.39, 0.29) is 19.4 Å². The van der Waals surface area contributed by atoms with E-state index in [0.29, 0.717) is 19.3 Å². The van der Waals surface area contributed by atoms with E-state index < -0.39 is 99.3 Å². The second-order valence-electron chi connectivity index (χ2n) is 16.9. The topological polar surface area (TPSA) is 231 Å². The lowest BCUT2D eigenvalue weighted by atomic mass is 9.98. The summed E-state index contributed by atoms with van der Waals surface area (Å²) in [5.74, 6) is -1.00. The van der Waals surface area contributed by atoms with Gasteiger partial charge >= 0.3 is 11.9 Å². The molecule has 15 nitrogen and oxygen atoms in total. The van der Waals surface area contributed by atoms with E-state index in [1.807, 2.05) is 6.08 Å². The Morgan fingerprint density at radius 2 is 0.969 bits per heavy atom. The van der Waals surface area contributed by atoms with Crippen molar-refractivity contribution in [1.82, 2.24) is 0 Å². The van der Waals surface area contributed by atoms with Crippen molar-refractivity contribution in [3.63, 3.8) is 0 Å².